The quantitative estimate of drug-likeness (QED) is 0.845. The van der Waals surface area contributed by atoms with E-state index in [2.05, 4.69) is 5.32 Å². The molecule has 0 spiro atoms. The van der Waals surface area contributed by atoms with E-state index in [0.717, 1.165) is 11.5 Å². The molecule has 0 saturated carbocycles. The van der Waals surface area contributed by atoms with Gasteiger partial charge < -0.3 is 5.32 Å². The van der Waals surface area contributed by atoms with E-state index >= 15 is 0 Å². The lowest BCUT2D eigenvalue weighted by Gasteiger charge is -2.09. The summed E-state index contributed by atoms with van der Waals surface area (Å²) in [5.41, 5.74) is 1.21. The van der Waals surface area contributed by atoms with Crippen LogP contribution in [-0.2, 0) is 5.75 Å². The average Bonchev–Trinajstić information content (AvgIpc) is 2.74. The lowest BCUT2D eigenvalue weighted by molar-refractivity contribution is 0.627. The van der Waals surface area contributed by atoms with Crippen LogP contribution in [0.3, 0.4) is 0 Å². The Labute approximate surface area is 94.5 Å². The molecular weight excluding hydrogens is 209 g/mol. The number of thioether (sulfide) groups is 1. The molecule has 1 aliphatic rings. The summed E-state index contributed by atoms with van der Waals surface area (Å²) in [4.78, 5) is 0. The molecule has 0 aromatic heterocycles. The number of hydrogen-bond acceptors (Lipinski definition) is 2. The molecule has 0 bridgehead atoms. The van der Waals surface area contributed by atoms with Crippen molar-refractivity contribution in [2.24, 2.45) is 0 Å². The summed E-state index contributed by atoms with van der Waals surface area (Å²) in [7, 11) is 0. The van der Waals surface area contributed by atoms with Gasteiger partial charge in [-0.3, -0.25) is 0 Å². The molecule has 1 aliphatic heterocycles. The van der Waals surface area contributed by atoms with Crippen LogP contribution in [0.15, 0.2) is 24.3 Å². The van der Waals surface area contributed by atoms with E-state index < -0.39 is 0 Å². The molecule has 1 unspecified atom stereocenters. The van der Waals surface area contributed by atoms with Gasteiger partial charge in [-0.25, -0.2) is 4.39 Å². The lowest BCUT2D eigenvalue weighted by atomic mass is 10.2. The molecule has 3 heteroatoms. The largest absolute Gasteiger partial charge is 0.313 e. The van der Waals surface area contributed by atoms with Crippen molar-refractivity contribution < 1.29 is 4.39 Å². The average molecular weight is 225 g/mol. The Morgan fingerprint density at radius 2 is 2.13 bits per heavy atom. The maximum atomic E-state index is 12.6. The molecule has 1 N–H and O–H groups in total. The van der Waals surface area contributed by atoms with Crippen molar-refractivity contribution >= 4 is 11.8 Å². The minimum atomic E-state index is -0.152. The Balaban J connectivity index is 1.71. The summed E-state index contributed by atoms with van der Waals surface area (Å²) in [5.74, 6) is 2.00. The number of benzene rings is 1. The van der Waals surface area contributed by atoms with Gasteiger partial charge in [0.25, 0.3) is 0 Å². The van der Waals surface area contributed by atoms with E-state index in [1.807, 2.05) is 23.9 Å². The zero-order chi connectivity index (χ0) is 10.5. The standard InChI is InChI=1S/C12H16FNS/c13-11-5-3-10(4-6-11)8-15-9-12-2-1-7-14-12/h3-6,12,14H,1-2,7-9H2. The van der Waals surface area contributed by atoms with Gasteiger partial charge in [0.2, 0.25) is 0 Å². The van der Waals surface area contributed by atoms with Crippen molar-refractivity contribution in [2.75, 3.05) is 12.3 Å². The van der Waals surface area contributed by atoms with E-state index in [-0.39, 0.29) is 5.82 Å². The third kappa shape index (κ3) is 3.50. The van der Waals surface area contributed by atoms with Crippen LogP contribution >= 0.6 is 11.8 Å². The van der Waals surface area contributed by atoms with E-state index in [0.29, 0.717) is 6.04 Å². The molecule has 1 aromatic rings. The number of halogens is 1. The van der Waals surface area contributed by atoms with Gasteiger partial charge >= 0.3 is 0 Å². The molecule has 1 saturated heterocycles. The normalized spacial score (nSPS) is 20.7. The highest BCUT2D eigenvalue weighted by atomic mass is 32.2. The Bertz CT molecular complexity index is 293. The van der Waals surface area contributed by atoms with Crippen LogP contribution in [0.5, 0.6) is 0 Å². The maximum Gasteiger partial charge on any atom is 0.123 e. The Morgan fingerprint density at radius 3 is 2.80 bits per heavy atom. The second-order valence-corrected chi connectivity index (χ2v) is 4.97. The van der Waals surface area contributed by atoms with Gasteiger partial charge in [-0.2, -0.15) is 11.8 Å². The van der Waals surface area contributed by atoms with Crippen molar-refractivity contribution in [3.05, 3.63) is 35.6 Å². The summed E-state index contributed by atoms with van der Waals surface area (Å²) in [6.45, 7) is 1.17. The topological polar surface area (TPSA) is 12.0 Å². The highest BCUT2D eigenvalue weighted by molar-refractivity contribution is 7.98. The third-order valence-corrected chi connectivity index (χ3v) is 3.84. The highest BCUT2D eigenvalue weighted by Crippen LogP contribution is 2.17. The second kappa shape index (κ2) is 5.52. The van der Waals surface area contributed by atoms with Crippen LogP contribution in [0.1, 0.15) is 18.4 Å². The third-order valence-electron chi connectivity index (χ3n) is 2.66. The van der Waals surface area contributed by atoms with Crippen LogP contribution in [0.4, 0.5) is 4.39 Å². The number of nitrogens with one attached hydrogen (secondary N) is 1. The van der Waals surface area contributed by atoms with Crippen molar-refractivity contribution in [3.63, 3.8) is 0 Å². The summed E-state index contributed by atoms with van der Waals surface area (Å²) in [6, 6.07) is 7.48. The van der Waals surface area contributed by atoms with Crippen LogP contribution in [0.2, 0.25) is 0 Å². The molecular formula is C12H16FNS. The van der Waals surface area contributed by atoms with Crippen molar-refractivity contribution in [1.82, 2.24) is 5.32 Å². The maximum absolute atomic E-state index is 12.6. The van der Waals surface area contributed by atoms with Gasteiger partial charge in [-0.1, -0.05) is 12.1 Å². The molecule has 82 valence electrons. The van der Waals surface area contributed by atoms with Gasteiger partial charge in [-0.05, 0) is 37.1 Å². The second-order valence-electron chi connectivity index (χ2n) is 3.93. The van der Waals surface area contributed by atoms with Crippen LogP contribution in [0, 0.1) is 5.82 Å². The first-order chi connectivity index (χ1) is 7.34. The molecule has 2 rings (SSSR count). The first-order valence-electron chi connectivity index (χ1n) is 5.40. The van der Waals surface area contributed by atoms with Crippen molar-refractivity contribution in [1.29, 1.82) is 0 Å². The minimum absolute atomic E-state index is 0.152. The van der Waals surface area contributed by atoms with E-state index in [4.69, 9.17) is 0 Å². The summed E-state index contributed by atoms with van der Waals surface area (Å²) >= 11 is 1.92. The molecule has 1 nitrogen and oxygen atoms in total. The van der Waals surface area contributed by atoms with Crippen molar-refractivity contribution in [3.8, 4) is 0 Å². The SMILES string of the molecule is Fc1ccc(CSCC2CCCN2)cc1. The highest BCUT2D eigenvalue weighted by Gasteiger charge is 2.13. The van der Waals surface area contributed by atoms with Crippen LogP contribution in [-0.4, -0.2) is 18.3 Å². The van der Waals surface area contributed by atoms with Gasteiger partial charge in [0.1, 0.15) is 5.82 Å². The van der Waals surface area contributed by atoms with E-state index in [1.54, 1.807) is 0 Å². The van der Waals surface area contributed by atoms with Crippen LogP contribution < -0.4 is 5.32 Å². The molecule has 1 heterocycles. The van der Waals surface area contributed by atoms with Gasteiger partial charge in [0, 0.05) is 17.5 Å². The van der Waals surface area contributed by atoms with Gasteiger partial charge in [-0.15, -0.1) is 0 Å². The molecule has 1 atom stereocenters. The Hall–Kier alpha value is -0.540. The molecule has 1 aromatic carbocycles. The minimum Gasteiger partial charge on any atom is -0.313 e. The van der Waals surface area contributed by atoms with Gasteiger partial charge in [0.05, 0.1) is 0 Å². The summed E-state index contributed by atoms with van der Waals surface area (Å²) in [5, 5.41) is 3.47. The number of hydrogen-bond donors (Lipinski definition) is 1. The predicted octanol–water partition coefficient (Wildman–Crippen LogP) is 2.81. The molecule has 1 fully saturated rings. The first-order valence-corrected chi connectivity index (χ1v) is 6.55. The zero-order valence-electron chi connectivity index (χ0n) is 8.71. The smallest absolute Gasteiger partial charge is 0.123 e. The summed E-state index contributed by atoms with van der Waals surface area (Å²) in [6.07, 6.45) is 2.61. The van der Waals surface area contributed by atoms with E-state index in [9.17, 15) is 4.39 Å². The Morgan fingerprint density at radius 1 is 1.33 bits per heavy atom. The zero-order valence-corrected chi connectivity index (χ0v) is 9.52. The molecule has 0 radical (unpaired) electrons. The number of rotatable bonds is 4. The first kappa shape index (κ1) is 11.0. The lowest BCUT2D eigenvalue weighted by Crippen LogP contribution is -2.23. The molecule has 0 aliphatic carbocycles. The molecule has 0 amide bonds. The fourth-order valence-corrected chi connectivity index (χ4v) is 2.91. The van der Waals surface area contributed by atoms with Crippen LogP contribution in [0.25, 0.3) is 0 Å². The summed E-state index contributed by atoms with van der Waals surface area (Å²) < 4.78 is 12.6. The molecule has 15 heavy (non-hydrogen) atoms. The Kier molecular flexibility index (Phi) is 4.03. The monoisotopic (exact) mass is 225 g/mol. The fraction of sp³-hybridized carbons (Fsp3) is 0.500. The van der Waals surface area contributed by atoms with Gasteiger partial charge in [0.15, 0.2) is 0 Å². The van der Waals surface area contributed by atoms with Crippen molar-refractivity contribution in [2.45, 2.75) is 24.6 Å². The van der Waals surface area contributed by atoms with E-state index in [1.165, 1.54) is 37.1 Å². The fourth-order valence-electron chi connectivity index (χ4n) is 1.80. The predicted molar refractivity (Wildman–Crippen MR) is 63.6 cm³/mol.